The van der Waals surface area contributed by atoms with Gasteiger partial charge in [0.05, 0.1) is 9.83 Å². The molecule has 2 rings (SSSR count). The summed E-state index contributed by atoms with van der Waals surface area (Å²) in [6.45, 7) is 4.26. The smallest absolute Gasteiger partial charge is 0.0702 e. The molecule has 0 saturated heterocycles. The molecule has 0 saturated carbocycles. The molecule has 0 radical (unpaired) electrons. The first-order valence-electron chi connectivity index (χ1n) is 4.65. The molecule has 2 heterocycles. The van der Waals surface area contributed by atoms with Crippen LogP contribution < -0.4 is 5.73 Å². The van der Waals surface area contributed by atoms with Crippen LogP contribution in [0.25, 0.3) is 0 Å². The van der Waals surface area contributed by atoms with E-state index in [0.717, 1.165) is 3.79 Å². The normalized spacial score (nSPS) is 13.1. The topological polar surface area (TPSA) is 26.0 Å². The number of hydrogen-bond donors (Lipinski definition) is 1. The van der Waals surface area contributed by atoms with Gasteiger partial charge in [-0.1, -0.05) is 0 Å². The first kappa shape index (κ1) is 11.3. The highest BCUT2D eigenvalue weighted by molar-refractivity contribution is 9.11. The van der Waals surface area contributed by atoms with Crippen molar-refractivity contribution in [1.82, 2.24) is 0 Å². The largest absolute Gasteiger partial charge is 0.320 e. The van der Waals surface area contributed by atoms with Crippen molar-refractivity contribution in [1.29, 1.82) is 0 Å². The van der Waals surface area contributed by atoms with E-state index in [4.69, 9.17) is 5.73 Å². The summed E-state index contributed by atoms with van der Waals surface area (Å²) in [6, 6.07) is 6.35. The third-order valence-electron chi connectivity index (χ3n) is 2.31. The van der Waals surface area contributed by atoms with Crippen molar-refractivity contribution in [2.75, 3.05) is 0 Å². The van der Waals surface area contributed by atoms with Crippen molar-refractivity contribution < 1.29 is 0 Å². The quantitative estimate of drug-likeness (QED) is 0.882. The highest BCUT2D eigenvalue weighted by atomic mass is 79.9. The Morgan fingerprint density at radius 2 is 2.00 bits per heavy atom. The summed E-state index contributed by atoms with van der Waals surface area (Å²) in [6.07, 6.45) is 0. The Morgan fingerprint density at radius 1 is 1.27 bits per heavy atom. The summed E-state index contributed by atoms with van der Waals surface area (Å²) in [5.74, 6) is 0. The Balaban J connectivity index is 2.35. The fourth-order valence-corrected chi connectivity index (χ4v) is 4.02. The van der Waals surface area contributed by atoms with Gasteiger partial charge in [0, 0.05) is 14.6 Å². The van der Waals surface area contributed by atoms with Crippen LogP contribution in [0.1, 0.15) is 26.2 Å². The summed E-state index contributed by atoms with van der Waals surface area (Å²) in [5.41, 5.74) is 7.50. The molecule has 80 valence electrons. The fraction of sp³-hybridized carbons (Fsp3) is 0.273. The van der Waals surface area contributed by atoms with Gasteiger partial charge >= 0.3 is 0 Å². The number of halogens is 1. The van der Waals surface area contributed by atoms with Gasteiger partial charge in [0.1, 0.15) is 0 Å². The van der Waals surface area contributed by atoms with E-state index < -0.39 is 0 Å². The lowest BCUT2D eigenvalue weighted by Gasteiger charge is -2.08. The van der Waals surface area contributed by atoms with Gasteiger partial charge in [0.25, 0.3) is 0 Å². The first-order chi connectivity index (χ1) is 7.08. The van der Waals surface area contributed by atoms with Crippen molar-refractivity contribution in [3.05, 3.63) is 42.2 Å². The van der Waals surface area contributed by atoms with E-state index in [2.05, 4.69) is 48.0 Å². The van der Waals surface area contributed by atoms with Crippen LogP contribution in [0.15, 0.2) is 22.0 Å². The maximum Gasteiger partial charge on any atom is 0.0702 e. The fourth-order valence-electron chi connectivity index (χ4n) is 1.61. The highest BCUT2D eigenvalue weighted by Crippen LogP contribution is 2.33. The molecule has 2 aromatic rings. The van der Waals surface area contributed by atoms with Crippen LogP contribution in [0.3, 0.4) is 0 Å². The van der Waals surface area contributed by atoms with Gasteiger partial charge in [-0.15, -0.1) is 22.7 Å². The second-order valence-corrected chi connectivity index (χ2v) is 7.44. The van der Waals surface area contributed by atoms with E-state index in [9.17, 15) is 0 Å². The van der Waals surface area contributed by atoms with Crippen molar-refractivity contribution in [3.63, 3.8) is 0 Å². The minimum Gasteiger partial charge on any atom is -0.320 e. The Hall–Kier alpha value is -0.160. The second kappa shape index (κ2) is 4.37. The zero-order chi connectivity index (χ0) is 11.0. The molecule has 1 nitrogen and oxygen atoms in total. The van der Waals surface area contributed by atoms with Crippen molar-refractivity contribution >= 4 is 38.6 Å². The number of aryl methyl sites for hydroxylation is 2. The molecule has 0 spiro atoms. The molecule has 0 fully saturated rings. The lowest BCUT2D eigenvalue weighted by Crippen LogP contribution is -2.10. The SMILES string of the molecule is Cc1cc(C(N)c2ccc(Br)s2)c(C)s1. The van der Waals surface area contributed by atoms with Gasteiger partial charge in [-0.2, -0.15) is 0 Å². The van der Waals surface area contributed by atoms with Crippen LogP contribution in [0, 0.1) is 13.8 Å². The van der Waals surface area contributed by atoms with E-state index >= 15 is 0 Å². The predicted molar refractivity (Wildman–Crippen MR) is 71.8 cm³/mol. The standard InChI is InChI=1S/C11H12BrNS2/c1-6-5-8(7(2)14-6)11(13)9-3-4-10(12)15-9/h3-5,11H,13H2,1-2H3. The maximum absolute atomic E-state index is 6.24. The first-order valence-corrected chi connectivity index (χ1v) is 7.08. The van der Waals surface area contributed by atoms with E-state index in [0.29, 0.717) is 0 Å². The third kappa shape index (κ3) is 2.33. The number of rotatable bonds is 2. The summed E-state index contributed by atoms with van der Waals surface area (Å²) in [4.78, 5) is 3.86. The molecular weight excluding hydrogens is 290 g/mol. The molecule has 1 unspecified atom stereocenters. The molecule has 4 heteroatoms. The lowest BCUT2D eigenvalue weighted by molar-refractivity contribution is 0.890. The van der Waals surface area contributed by atoms with E-state index in [1.165, 1.54) is 20.2 Å². The van der Waals surface area contributed by atoms with Crippen LogP contribution in [0.2, 0.25) is 0 Å². The van der Waals surface area contributed by atoms with Crippen LogP contribution >= 0.6 is 38.6 Å². The van der Waals surface area contributed by atoms with E-state index in [1.807, 2.05) is 11.3 Å². The maximum atomic E-state index is 6.24. The second-order valence-electron chi connectivity index (χ2n) is 3.49. The van der Waals surface area contributed by atoms with E-state index in [1.54, 1.807) is 11.3 Å². The molecule has 15 heavy (non-hydrogen) atoms. The zero-order valence-corrected chi connectivity index (χ0v) is 11.8. The number of thiophene rings is 2. The highest BCUT2D eigenvalue weighted by Gasteiger charge is 2.15. The van der Waals surface area contributed by atoms with Crippen molar-refractivity contribution in [2.45, 2.75) is 19.9 Å². The molecule has 0 aliphatic carbocycles. The molecule has 0 aliphatic rings. The summed E-state index contributed by atoms with van der Waals surface area (Å²) in [7, 11) is 0. The summed E-state index contributed by atoms with van der Waals surface area (Å²) >= 11 is 6.98. The van der Waals surface area contributed by atoms with Gasteiger partial charge < -0.3 is 5.73 Å². The van der Waals surface area contributed by atoms with Crippen LogP contribution in [-0.4, -0.2) is 0 Å². The minimum atomic E-state index is 0.0197. The van der Waals surface area contributed by atoms with Crippen molar-refractivity contribution in [3.8, 4) is 0 Å². The molecule has 2 N–H and O–H groups in total. The molecule has 0 amide bonds. The minimum absolute atomic E-state index is 0.0197. The van der Waals surface area contributed by atoms with Crippen LogP contribution in [0.5, 0.6) is 0 Å². The van der Waals surface area contributed by atoms with Gasteiger partial charge in [0.2, 0.25) is 0 Å². The molecule has 2 aromatic heterocycles. The Labute approximate surface area is 106 Å². The predicted octanol–water partition coefficient (Wildman–Crippen LogP) is 4.24. The average molecular weight is 302 g/mol. The number of nitrogens with two attached hydrogens (primary N) is 1. The summed E-state index contributed by atoms with van der Waals surface area (Å²) in [5, 5.41) is 0. The molecule has 1 atom stereocenters. The van der Waals surface area contributed by atoms with Gasteiger partial charge in [0.15, 0.2) is 0 Å². The molecule has 0 aromatic carbocycles. The van der Waals surface area contributed by atoms with Crippen LogP contribution in [-0.2, 0) is 0 Å². The van der Waals surface area contributed by atoms with E-state index in [-0.39, 0.29) is 6.04 Å². The zero-order valence-electron chi connectivity index (χ0n) is 8.58. The van der Waals surface area contributed by atoms with Gasteiger partial charge in [-0.25, -0.2) is 0 Å². The summed E-state index contributed by atoms with van der Waals surface area (Å²) < 4.78 is 1.14. The number of hydrogen-bond acceptors (Lipinski definition) is 3. The van der Waals surface area contributed by atoms with Gasteiger partial charge in [-0.05, 0) is 53.5 Å². The lowest BCUT2D eigenvalue weighted by atomic mass is 10.1. The molecule has 0 aliphatic heterocycles. The molecular formula is C11H12BrNS2. The van der Waals surface area contributed by atoms with Gasteiger partial charge in [-0.3, -0.25) is 0 Å². The Morgan fingerprint density at radius 3 is 2.47 bits per heavy atom. The monoisotopic (exact) mass is 301 g/mol. The average Bonchev–Trinajstić information content (AvgIpc) is 2.71. The third-order valence-corrected chi connectivity index (χ3v) is 5.00. The van der Waals surface area contributed by atoms with Crippen molar-refractivity contribution in [2.24, 2.45) is 5.73 Å². The van der Waals surface area contributed by atoms with Crippen LogP contribution in [0.4, 0.5) is 0 Å². The molecule has 0 bridgehead atoms. The Bertz CT molecular complexity index is 473. The Kier molecular flexibility index (Phi) is 3.30.